The number of anilines is 1. The van der Waals surface area contributed by atoms with Crippen molar-refractivity contribution in [2.24, 2.45) is 5.14 Å². The lowest BCUT2D eigenvalue weighted by Gasteiger charge is -2.10. The second kappa shape index (κ2) is 8.73. The Hall–Kier alpha value is -3.09. The van der Waals surface area contributed by atoms with Crippen molar-refractivity contribution in [3.8, 4) is 17.6 Å². The van der Waals surface area contributed by atoms with Gasteiger partial charge in [0.05, 0.1) is 21.6 Å². The van der Waals surface area contributed by atoms with Crippen LogP contribution in [-0.4, -0.2) is 14.3 Å². The van der Waals surface area contributed by atoms with Crippen LogP contribution in [0.3, 0.4) is 0 Å². The smallest absolute Gasteiger partial charge is 0.255 e. The van der Waals surface area contributed by atoms with Gasteiger partial charge < -0.3 is 10.1 Å². The first-order chi connectivity index (χ1) is 14.2. The van der Waals surface area contributed by atoms with E-state index in [-0.39, 0.29) is 21.2 Å². The first kappa shape index (κ1) is 21.6. The average molecular weight is 462 g/mol. The second-order valence-corrected chi connectivity index (χ2v) is 8.46. The van der Waals surface area contributed by atoms with Gasteiger partial charge in [-0.15, -0.1) is 0 Å². The summed E-state index contributed by atoms with van der Waals surface area (Å²) in [7, 11) is -3.81. The molecular formula is C20H13Cl2N3O4S. The molecule has 0 saturated heterocycles. The molecule has 0 fully saturated rings. The molecule has 3 rings (SSSR count). The van der Waals surface area contributed by atoms with Crippen molar-refractivity contribution in [2.45, 2.75) is 4.90 Å². The molecule has 152 valence electrons. The molecule has 0 spiro atoms. The van der Waals surface area contributed by atoms with Crippen LogP contribution < -0.4 is 15.2 Å². The Labute approximate surface area is 182 Å². The normalized spacial score (nSPS) is 10.9. The third kappa shape index (κ3) is 5.28. The summed E-state index contributed by atoms with van der Waals surface area (Å²) in [5.41, 5.74) is 0.969. The molecule has 1 amide bonds. The third-order valence-electron chi connectivity index (χ3n) is 3.86. The van der Waals surface area contributed by atoms with E-state index < -0.39 is 15.9 Å². The first-order valence-corrected chi connectivity index (χ1v) is 10.6. The average Bonchev–Trinajstić information content (AvgIpc) is 2.68. The molecular weight excluding hydrogens is 449 g/mol. The molecule has 0 atom stereocenters. The highest BCUT2D eigenvalue weighted by atomic mass is 35.5. The van der Waals surface area contributed by atoms with Crippen LogP contribution in [0.1, 0.15) is 15.9 Å². The van der Waals surface area contributed by atoms with E-state index in [1.807, 2.05) is 6.07 Å². The van der Waals surface area contributed by atoms with Crippen LogP contribution in [0.25, 0.3) is 0 Å². The van der Waals surface area contributed by atoms with Gasteiger partial charge in [0.1, 0.15) is 11.5 Å². The summed E-state index contributed by atoms with van der Waals surface area (Å²) >= 11 is 12.2. The molecule has 0 unspecified atom stereocenters. The Morgan fingerprint density at radius 3 is 2.33 bits per heavy atom. The van der Waals surface area contributed by atoms with Gasteiger partial charge in [0.2, 0.25) is 10.0 Å². The number of rotatable bonds is 5. The SMILES string of the molecule is N#Cc1cc(Cl)cc(Oc2ccc(C(=O)Nc3ccc(S(N)(=O)=O)cc3)cc2Cl)c1. The maximum atomic E-state index is 12.4. The van der Waals surface area contributed by atoms with E-state index in [1.54, 1.807) is 0 Å². The molecule has 0 aliphatic heterocycles. The molecule has 0 aliphatic rings. The van der Waals surface area contributed by atoms with E-state index in [0.717, 1.165) is 0 Å². The standard InChI is InChI=1S/C20H13Cl2N3O4S/c21-14-7-12(11-23)8-16(10-14)29-19-6-1-13(9-18(19)22)20(26)25-15-2-4-17(5-3-15)30(24,27)28/h1-10H,(H,25,26)(H2,24,27,28). The predicted molar refractivity (Wildman–Crippen MR) is 113 cm³/mol. The number of benzene rings is 3. The lowest BCUT2D eigenvalue weighted by molar-refractivity contribution is 0.102. The molecule has 0 heterocycles. The van der Waals surface area contributed by atoms with E-state index >= 15 is 0 Å². The van der Waals surface area contributed by atoms with Gasteiger partial charge in [-0.25, -0.2) is 13.6 Å². The molecule has 30 heavy (non-hydrogen) atoms. The Morgan fingerprint density at radius 1 is 1.03 bits per heavy atom. The molecule has 0 aliphatic carbocycles. The molecule has 3 aromatic rings. The van der Waals surface area contributed by atoms with Gasteiger partial charge in [0, 0.05) is 16.3 Å². The van der Waals surface area contributed by atoms with Crippen molar-refractivity contribution in [3.05, 3.63) is 81.8 Å². The van der Waals surface area contributed by atoms with Crippen molar-refractivity contribution in [3.63, 3.8) is 0 Å². The van der Waals surface area contributed by atoms with E-state index in [2.05, 4.69) is 5.32 Å². The minimum atomic E-state index is -3.81. The number of amides is 1. The van der Waals surface area contributed by atoms with Gasteiger partial charge in [-0.1, -0.05) is 23.2 Å². The van der Waals surface area contributed by atoms with Crippen molar-refractivity contribution >= 4 is 44.8 Å². The Morgan fingerprint density at radius 2 is 1.73 bits per heavy atom. The number of nitrogens with zero attached hydrogens (tertiary/aromatic N) is 1. The molecule has 0 saturated carbocycles. The minimum Gasteiger partial charge on any atom is -0.456 e. The van der Waals surface area contributed by atoms with E-state index in [0.29, 0.717) is 22.0 Å². The van der Waals surface area contributed by atoms with E-state index in [1.165, 1.54) is 60.7 Å². The van der Waals surface area contributed by atoms with Crippen LogP contribution in [-0.2, 0) is 10.0 Å². The lowest BCUT2D eigenvalue weighted by Crippen LogP contribution is -2.14. The fourth-order valence-electron chi connectivity index (χ4n) is 2.47. The fraction of sp³-hybridized carbons (Fsp3) is 0. The quantitative estimate of drug-likeness (QED) is 0.576. The highest BCUT2D eigenvalue weighted by molar-refractivity contribution is 7.89. The van der Waals surface area contributed by atoms with Gasteiger partial charge in [0.25, 0.3) is 5.91 Å². The lowest BCUT2D eigenvalue weighted by atomic mass is 10.2. The Balaban J connectivity index is 1.75. The molecule has 0 bridgehead atoms. The number of halogens is 2. The molecule has 0 radical (unpaired) electrons. The topological polar surface area (TPSA) is 122 Å². The van der Waals surface area contributed by atoms with Gasteiger partial charge in [-0.05, 0) is 60.7 Å². The van der Waals surface area contributed by atoms with Gasteiger partial charge >= 0.3 is 0 Å². The number of ether oxygens (including phenoxy) is 1. The molecule has 10 heteroatoms. The van der Waals surface area contributed by atoms with Crippen molar-refractivity contribution in [1.29, 1.82) is 5.26 Å². The monoisotopic (exact) mass is 461 g/mol. The molecule has 3 aromatic carbocycles. The van der Waals surface area contributed by atoms with Crippen LogP contribution in [0.15, 0.2) is 65.6 Å². The zero-order valence-electron chi connectivity index (χ0n) is 15.1. The number of carbonyl (C=O) groups excluding carboxylic acids is 1. The first-order valence-electron chi connectivity index (χ1n) is 8.28. The maximum Gasteiger partial charge on any atom is 0.255 e. The van der Waals surface area contributed by atoms with E-state index in [4.69, 9.17) is 38.3 Å². The van der Waals surface area contributed by atoms with Crippen molar-refractivity contribution in [1.82, 2.24) is 0 Å². The highest BCUT2D eigenvalue weighted by Gasteiger charge is 2.12. The summed E-state index contributed by atoms with van der Waals surface area (Å²) in [4.78, 5) is 12.4. The zero-order valence-corrected chi connectivity index (χ0v) is 17.4. The van der Waals surface area contributed by atoms with Gasteiger partial charge in [-0.3, -0.25) is 4.79 Å². The minimum absolute atomic E-state index is 0.0642. The number of sulfonamides is 1. The van der Waals surface area contributed by atoms with Crippen molar-refractivity contribution in [2.75, 3.05) is 5.32 Å². The zero-order chi connectivity index (χ0) is 21.9. The van der Waals surface area contributed by atoms with E-state index in [9.17, 15) is 13.2 Å². The van der Waals surface area contributed by atoms with Gasteiger partial charge in [-0.2, -0.15) is 5.26 Å². The Kier molecular flexibility index (Phi) is 6.29. The summed E-state index contributed by atoms with van der Waals surface area (Å²) in [5.74, 6) is 0.145. The summed E-state index contributed by atoms with van der Waals surface area (Å²) in [6.45, 7) is 0. The summed E-state index contributed by atoms with van der Waals surface area (Å²) < 4.78 is 28.2. The van der Waals surface area contributed by atoms with Crippen LogP contribution in [0.2, 0.25) is 10.0 Å². The maximum absolute atomic E-state index is 12.4. The summed E-state index contributed by atoms with van der Waals surface area (Å²) in [5, 5.41) is 17.2. The Bertz CT molecular complexity index is 1270. The predicted octanol–water partition coefficient (Wildman–Crippen LogP) is 4.56. The second-order valence-electron chi connectivity index (χ2n) is 6.06. The summed E-state index contributed by atoms with van der Waals surface area (Å²) in [6.07, 6.45) is 0. The molecule has 7 nitrogen and oxygen atoms in total. The number of hydrogen-bond donors (Lipinski definition) is 2. The third-order valence-corrected chi connectivity index (χ3v) is 5.31. The van der Waals surface area contributed by atoms with Crippen LogP contribution in [0, 0.1) is 11.3 Å². The number of carbonyl (C=O) groups is 1. The molecule has 3 N–H and O–H groups in total. The van der Waals surface area contributed by atoms with Crippen LogP contribution in [0.4, 0.5) is 5.69 Å². The number of nitriles is 1. The van der Waals surface area contributed by atoms with Crippen LogP contribution in [0.5, 0.6) is 11.5 Å². The largest absolute Gasteiger partial charge is 0.456 e. The van der Waals surface area contributed by atoms with Gasteiger partial charge in [0.15, 0.2) is 0 Å². The number of primary sulfonamides is 1. The molecule has 0 aromatic heterocycles. The summed E-state index contributed by atoms with van der Waals surface area (Å²) in [6, 6.07) is 16.4. The number of hydrogen-bond acceptors (Lipinski definition) is 5. The van der Waals surface area contributed by atoms with Crippen molar-refractivity contribution < 1.29 is 17.9 Å². The van der Waals surface area contributed by atoms with Crippen LogP contribution >= 0.6 is 23.2 Å². The number of nitrogens with two attached hydrogens (primary N) is 1. The number of nitrogens with one attached hydrogen (secondary N) is 1. The highest BCUT2D eigenvalue weighted by Crippen LogP contribution is 2.32. The fourth-order valence-corrected chi connectivity index (χ4v) is 3.43.